The number of aromatic amines is 1. The van der Waals surface area contributed by atoms with Crippen molar-refractivity contribution in [3.8, 4) is 0 Å². The molecule has 17 heavy (non-hydrogen) atoms. The Hall–Kier alpha value is -1.69. The van der Waals surface area contributed by atoms with Crippen LogP contribution < -0.4 is 5.56 Å². The summed E-state index contributed by atoms with van der Waals surface area (Å²) in [7, 11) is 0. The van der Waals surface area contributed by atoms with E-state index in [-0.39, 0.29) is 22.8 Å². The maximum absolute atomic E-state index is 12.1. The maximum Gasteiger partial charge on any atom is 0.274 e. The number of carbonyl (C=O) groups excluding carboxylic acids is 1. The van der Waals surface area contributed by atoms with E-state index in [0.717, 1.165) is 0 Å². The van der Waals surface area contributed by atoms with E-state index in [2.05, 4.69) is 10.2 Å². The van der Waals surface area contributed by atoms with Crippen LogP contribution in [0.3, 0.4) is 0 Å². The lowest BCUT2D eigenvalue weighted by molar-refractivity contribution is -0.0765. The second-order valence-corrected chi connectivity index (χ2v) is 4.64. The number of nitrogens with one attached hydrogen (secondary N) is 1. The van der Waals surface area contributed by atoms with Crippen LogP contribution in [0.25, 0.3) is 0 Å². The van der Waals surface area contributed by atoms with E-state index in [1.165, 1.54) is 12.1 Å². The number of nitrogens with zero attached hydrogens (tertiary/aromatic N) is 2. The Bertz CT molecular complexity index is 461. The van der Waals surface area contributed by atoms with Gasteiger partial charge in [-0.3, -0.25) is 9.59 Å². The van der Waals surface area contributed by atoms with Crippen LogP contribution >= 0.6 is 0 Å². The summed E-state index contributed by atoms with van der Waals surface area (Å²) in [6, 6.07) is 2.73. The number of ether oxygens (including phenoxy) is 1. The van der Waals surface area contributed by atoms with Crippen LogP contribution in [0.1, 0.15) is 24.3 Å². The van der Waals surface area contributed by atoms with E-state index in [9.17, 15) is 9.59 Å². The van der Waals surface area contributed by atoms with Crippen molar-refractivity contribution in [2.45, 2.75) is 19.4 Å². The molecule has 2 rings (SSSR count). The van der Waals surface area contributed by atoms with Crippen molar-refractivity contribution in [1.82, 2.24) is 15.1 Å². The monoisotopic (exact) mass is 237 g/mol. The van der Waals surface area contributed by atoms with E-state index in [1.54, 1.807) is 4.90 Å². The first-order valence-corrected chi connectivity index (χ1v) is 5.47. The zero-order valence-electron chi connectivity index (χ0n) is 9.90. The lowest BCUT2D eigenvalue weighted by atomic mass is 10.1. The highest BCUT2D eigenvalue weighted by molar-refractivity contribution is 5.92. The first kappa shape index (κ1) is 11.8. The second-order valence-electron chi connectivity index (χ2n) is 4.64. The number of amides is 1. The molecule has 0 unspecified atom stereocenters. The van der Waals surface area contributed by atoms with Gasteiger partial charge in [0.1, 0.15) is 5.69 Å². The molecule has 0 atom stereocenters. The highest BCUT2D eigenvalue weighted by atomic mass is 16.5. The van der Waals surface area contributed by atoms with Gasteiger partial charge in [0, 0.05) is 19.2 Å². The fraction of sp³-hybridized carbons (Fsp3) is 0.545. The zero-order valence-corrected chi connectivity index (χ0v) is 9.90. The molecule has 1 fully saturated rings. The van der Waals surface area contributed by atoms with Crippen molar-refractivity contribution in [3.05, 3.63) is 28.2 Å². The predicted molar refractivity (Wildman–Crippen MR) is 60.8 cm³/mol. The van der Waals surface area contributed by atoms with Gasteiger partial charge in [0.05, 0.1) is 12.2 Å². The number of hydrogen-bond donors (Lipinski definition) is 1. The molecule has 0 radical (unpaired) electrons. The van der Waals surface area contributed by atoms with Gasteiger partial charge in [-0.2, -0.15) is 5.10 Å². The summed E-state index contributed by atoms with van der Waals surface area (Å²) in [5, 5.41) is 5.99. The number of morpholine rings is 1. The molecule has 2 heterocycles. The molecule has 1 amide bonds. The second kappa shape index (κ2) is 4.29. The Morgan fingerprint density at radius 1 is 1.53 bits per heavy atom. The highest BCUT2D eigenvalue weighted by Crippen LogP contribution is 2.17. The summed E-state index contributed by atoms with van der Waals surface area (Å²) in [5.74, 6) is -0.183. The fourth-order valence-corrected chi connectivity index (χ4v) is 1.82. The molecule has 0 saturated carbocycles. The Kier molecular flexibility index (Phi) is 2.97. The van der Waals surface area contributed by atoms with Gasteiger partial charge >= 0.3 is 0 Å². The Labute approximate surface area is 98.6 Å². The molecule has 6 nitrogen and oxygen atoms in total. The van der Waals surface area contributed by atoms with Crippen LogP contribution in [0, 0.1) is 0 Å². The first-order valence-electron chi connectivity index (χ1n) is 5.47. The third-order valence-electron chi connectivity index (χ3n) is 2.61. The molecule has 6 heteroatoms. The topological polar surface area (TPSA) is 75.3 Å². The molecule has 0 aliphatic carbocycles. The summed E-state index contributed by atoms with van der Waals surface area (Å²) >= 11 is 0. The Morgan fingerprint density at radius 2 is 2.29 bits per heavy atom. The smallest absolute Gasteiger partial charge is 0.274 e. The minimum atomic E-state index is -0.337. The number of H-pyrrole nitrogens is 1. The van der Waals surface area contributed by atoms with Crippen LogP contribution in [-0.2, 0) is 4.74 Å². The summed E-state index contributed by atoms with van der Waals surface area (Å²) in [6.07, 6.45) is 0. The molecule has 1 aromatic heterocycles. The summed E-state index contributed by atoms with van der Waals surface area (Å²) in [4.78, 5) is 24.6. The molecule has 1 aliphatic heterocycles. The molecule has 1 aliphatic rings. The lowest BCUT2D eigenvalue weighted by Crippen LogP contribution is -2.50. The summed E-state index contributed by atoms with van der Waals surface area (Å²) in [5.41, 5.74) is -0.401. The van der Waals surface area contributed by atoms with Crippen LogP contribution in [0.5, 0.6) is 0 Å². The van der Waals surface area contributed by atoms with E-state index in [0.29, 0.717) is 19.7 Å². The molecule has 92 valence electrons. The van der Waals surface area contributed by atoms with Gasteiger partial charge in [0.25, 0.3) is 11.5 Å². The maximum atomic E-state index is 12.1. The van der Waals surface area contributed by atoms with Crippen molar-refractivity contribution < 1.29 is 9.53 Å². The molecule has 1 aromatic rings. The van der Waals surface area contributed by atoms with Crippen molar-refractivity contribution in [1.29, 1.82) is 0 Å². The lowest BCUT2D eigenvalue weighted by Gasteiger charge is -2.37. The minimum Gasteiger partial charge on any atom is -0.372 e. The van der Waals surface area contributed by atoms with Gasteiger partial charge in [-0.1, -0.05) is 0 Å². The van der Waals surface area contributed by atoms with E-state index >= 15 is 0 Å². The van der Waals surface area contributed by atoms with Crippen molar-refractivity contribution >= 4 is 5.91 Å². The Morgan fingerprint density at radius 3 is 2.88 bits per heavy atom. The number of carbonyl (C=O) groups is 1. The van der Waals surface area contributed by atoms with Gasteiger partial charge in [0.2, 0.25) is 0 Å². The van der Waals surface area contributed by atoms with Gasteiger partial charge in [-0.25, -0.2) is 5.10 Å². The van der Waals surface area contributed by atoms with Gasteiger partial charge < -0.3 is 9.64 Å². The number of hydrogen-bond acceptors (Lipinski definition) is 4. The van der Waals surface area contributed by atoms with Crippen molar-refractivity contribution in [3.63, 3.8) is 0 Å². The molecule has 1 N–H and O–H groups in total. The third kappa shape index (κ3) is 2.71. The standard InChI is InChI=1S/C11H15N3O3/c1-11(2)7-14(5-6-17-11)10(16)8-3-4-9(15)13-12-8/h3-4H,5-7H2,1-2H3,(H,13,15). The minimum absolute atomic E-state index is 0.183. The quantitative estimate of drug-likeness (QED) is 0.747. The number of aromatic nitrogens is 2. The van der Waals surface area contributed by atoms with Gasteiger partial charge in [-0.05, 0) is 19.9 Å². The van der Waals surface area contributed by atoms with Crippen LogP contribution in [0.4, 0.5) is 0 Å². The van der Waals surface area contributed by atoms with Gasteiger partial charge in [-0.15, -0.1) is 0 Å². The summed E-state index contributed by atoms with van der Waals surface area (Å²) in [6.45, 7) is 5.46. The number of rotatable bonds is 1. The average molecular weight is 237 g/mol. The predicted octanol–water partition coefficient (Wildman–Crippen LogP) is 0.0209. The zero-order chi connectivity index (χ0) is 12.5. The normalized spacial score (nSPS) is 19.1. The highest BCUT2D eigenvalue weighted by Gasteiger charge is 2.30. The van der Waals surface area contributed by atoms with E-state index < -0.39 is 0 Å². The molecule has 1 saturated heterocycles. The SMILES string of the molecule is CC1(C)CN(C(=O)c2ccc(=O)[nH]n2)CCO1. The summed E-state index contributed by atoms with van der Waals surface area (Å²) < 4.78 is 5.53. The fourth-order valence-electron chi connectivity index (χ4n) is 1.82. The van der Waals surface area contributed by atoms with Crippen molar-refractivity contribution in [2.75, 3.05) is 19.7 Å². The van der Waals surface area contributed by atoms with Crippen LogP contribution in [0.2, 0.25) is 0 Å². The van der Waals surface area contributed by atoms with E-state index in [1.807, 2.05) is 13.8 Å². The van der Waals surface area contributed by atoms with Gasteiger partial charge in [0.15, 0.2) is 0 Å². The van der Waals surface area contributed by atoms with E-state index in [4.69, 9.17) is 4.74 Å². The average Bonchev–Trinajstić information content (AvgIpc) is 2.28. The van der Waals surface area contributed by atoms with Crippen LogP contribution in [-0.4, -0.2) is 46.3 Å². The van der Waals surface area contributed by atoms with Crippen LogP contribution in [0.15, 0.2) is 16.9 Å². The third-order valence-corrected chi connectivity index (χ3v) is 2.61. The first-order chi connectivity index (χ1) is 7.98. The molecule has 0 aromatic carbocycles. The molecule has 0 bridgehead atoms. The van der Waals surface area contributed by atoms with Crippen molar-refractivity contribution in [2.24, 2.45) is 0 Å². The molecule has 0 spiro atoms. The largest absolute Gasteiger partial charge is 0.372 e. The molecular formula is C11H15N3O3. The molecular weight excluding hydrogens is 222 g/mol. The Balaban J connectivity index is 2.15.